The SMILES string of the molecule is CC1(C)CCN([C@@H]2CCCC[C@H]2O)C1. The van der Waals surface area contributed by atoms with Crippen molar-refractivity contribution in [1.82, 2.24) is 4.90 Å². The van der Waals surface area contributed by atoms with Crippen molar-refractivity contribution in [2.75, 3.05) is 13.1 Å². The highest BCUT2D eigenvalue weighted by Crippen LogP contribution is 2.33. The zero-order chi connectivity index (χ0) is 10.2. The molecule has 0 aromatic heterocycles. The molecule has 0 bridgehead atoms. The maximum Gasteiger partial charge on any atom is 0.0695 e. The first-order valence-electron chi connectivity index (χ1n) is 6.01. The molecule has 1 saturated heterocycles. The molecule has 0 unspecified atom stereocenters. The monoisotopic (exact) mass is 197 g/mol. The van der Waals surface area contributed by atoms with Crippen molar-refractivity contribution in [2.45, 2.75) is 58.1 Å². The Kier molecular flexibility index (Phi) is 2.85. The topological polar surface area (TPSA) is 23.5 Å². The second-order valence-corrected chi connectivity index (χ2v) is 5.80. The van der Waals surface area contributed by atoms with Crippen molar-refractivity contribution < 1.29 is 5.11 Å². The van der Waals surface area contributed by atoms with E-state index in [1.807, 2.05) is 0 Å². The minimum atomic E-state index is -0.0577. The van der Waals surface area contributed by atoms with Gasteiger partial charge in [-0.1, -0.05) is 26.7 Å². The smallest absolute Gasteiger partial charge is 0.0695 e. The third kappa shape index (κ3) is 2.12. The van der Waals surface area contributed by atoms with Crippen LogP contribution in [0, 0.1) is 5.41 Å². The molecule has 1 N–H and O–H groups in total. The van der Waals surface area contributed by atoms with E-state index in [0.717, 1.165) is 6.42 Å². The highest BCUT2D eigenvalue weighted by atomic mass is 16.3. The molecule has 2 nitrogen and oxygen atoms in total. The van der Waals surface area contributed by atoms with Crippen molar-refractivity contribution in [3.8, 4) is 0 Å². The van der Waals surface area contributed by atoms with Crippen LogP contribution in [0.2, 0.25) is 0 Å². The molecule has 0 radical (unpaired) electrons. The fraction of sp³-hybridized carbons (Fsp3) is 1.00. The van der Waals surface area contributed by atoms with Gasteiger partial charge in [-0.05, 0) is 31.2 Å². The van der Waals surface area contributed by atoms with Crippen molar-refractivity contribution in [2.24, 2.45) is 5.41 Å². The third-order valence-electron chi connectivity index (χ3n) is 3.87. The first-order chi connectivity index (χ1) is 6.58. The van der Waals surface area contributed by atoms with Gasteiger partial charge >= 0.3 is 0 Å². The predicted molar refractivity (Wildman–Crippen MR) is 58.2 cm³/mol. The quantitative estimate of drug-likeness (QED) is 0.695. The van der Waals surface area contributed by atoms with Crippen LogP contribution in [0.5, 0.6) is 0 Å². The Morgan fingerprint density at radius 2 is 1.93 bits per heavy atom. The molecule has 2 heteroatoms. The summed E-state index contributed by atoms with van der Waals surface area (Å²) in [6.45, 7) is 7.04. The zero-order valence-electron chi connectivity index (χ0n) is 9.50. The van der Waals surface area contributed by atoms with Crippen LogP contribution in [0.1, 0.15) is 46.0 Å². The molecule has 1 aliphatic heterocycles. The molecule has 0 spiro atoms. The molecule has 0 aromatic carbocycles. The summed E-state index contributed by atoms with van der Waals surface area (Å²) in [5.41, 5.74) is 0.469. The molecule has 14 heavy (non-hydrogen) atoms. The number of aliphatic hydroxyl groups is 1. The lowest BCUT2D eigenvalue weighted by atomic mass is 9.90. The Labute approximate surface area is 87.3 Å². The van der Waals surface area contributed by atoms with Gasteiger partial charge in [0.25, 0.3) is 0 Å². The van der Waals surface area contributed by atoms with E-state index in [9.17, 15) is 5.11 Å². The van der Waals surface area contributed by atoms with Gasteiger partial charge in [0.1, 0.15) is 0 Å². The van der Waals surface area contributed by atoms with Crippen molar-refractivity contribution in [1.29, 1.82) is 0 Å². The second kappa shape index (κ2) is 3.82. The number of aliphatic hydroxyl groups excluding tert-OH is 1. The van der Waals surface area contributed by atoms with E-state index in [2.05, 4.69) is 18.7 Å². The van der Waals surface area contributed by atoms with E-state index in [1.165, 1.54) is 38.8 Å². The van der Waals surface area contributed by atoms with Crippen LogP contribution < -0.4 is 0 Å². The third-order valence-corrected chi connectivity index (χ3v) is 3.87. The van der Waals surface area contributed by atoms with Gasteiger partial charge in [0.2, 0.25) is 0 Å². The van der Waals surface area contributed by atoms with Crippen molar-refractivity contribution in [3.05, 3.63) is 0 Å². The first kappa shape index (κ1) is 10.4. The molecule has 1 aliphatic carbocycles. The molecule has 2 atom stereocenters. The van der Waals surface area contributed by atoms with Crippen LogP contribution in [0.4, 0.5) is 0 Å². The molecule has 1 saturated carbocycles. The van der Waals surface area contributed by atoms with Gasteiger partial charge in [-0.15, -0.1) is 0 Å². The lowest BCUT2D eigenvalue weighted by Crippen LogP contribution is -2.44. The van der Waals surface area contributed by atoms with Crippen LogP contribution in [-0.4, -0.2) is 35.2 Å². The molecule has 2 aliphatic rings. The molecule has 0 aromatic rings. The van der Waals surface area contributed by atoms with Crippen molar-refractivity contribution in [3.63, 3.8) is 0 Å². The molecular weight excluding hydrogens is 174 g/mol. The van der Waals surface area contributed by atoms with Crippen LogP contribution in [0.3, 0.4) is 0 Å². The van der Waals surface area contributed by atoms with E-state index in [-0.39, 0.29) is 6.10 Å². The van der Waals surface area contributed by atoms with E-state index in [1.54, 1.807) is 0 Å². The average Bonchev–Trinajstić information content (AvgIpc) is 2.47. The van der Waals surface area contributed by atoms with Gasteiger partial charge in [-0.25, -0.2) is 0 Å². The van der Waals surface area contributed by atoms with E-state index >= 15 is 0 Å². The van der Waals surface area contributed by atoms with Gasteiger partial charge in [-0.2, -0.15) is 0 Å². The Morgan fingerprint density at radius 1 is 1.21 bits per heavy atom. The number of rotatable bonds is 1. The largest absolute Gasteiger partial charge is 0.391 e. The minimum Gasteiger partial charge on any atom is -0.391 e. The number of likely N-dealkylation sites (tertiary alicyclic amines) is 1. The maximum atomic E-state index is 9.96. The summed E-state index contributed by atoms with van der Waals surface area (Å²) in [5.74, 6) is 0. The minimum absolute atomic E-state index is 0.0577. The molecule has 1 heterocycles. The van der Waals surface area contributed by atoms with Gasteiger partial charge in [-0.3, -0.25) is 4.90 Å². The highest BCUT2D eigenvalue weighted by molar-refractivity contribution is 4.90. The fourth-order valence-corrected chi connectivity index (χ4v) is 2.95. The van der Waals surface area contributed by atoms with Crippen LogP contribution in [-0.2, 0) is 0 Å². The predicted octanol–water partition coefficient (Wildman–Crippen LogP) is 2.02. The molecular formula is C12H23NO. The molecule has 2 rings (SSSR count). The van der Waals surface area contributed by atoms with Crippen LogP contribution in [0.15, 0.2) is 0 Å². The summed E-state index contributed by atoms with van der Waals surface area (Å²) in [6.07, 6.45) is 5.97. The summed E-state index contributed by atoms with van der Waals surface area (Å²) < 4.78 is 0. The number of hydrogen-bond acceptors (Lipinski definition) is 2. The van der Waals surface area contributed by atoms with Gasteiger partial charge in [0.05, 0.1) is 6.10 Å². The van der Waals surface area contributed by atoms with Crippen LogP contribution in [0.25, 0.3) is 0 Å². The lowest BCUT2D eigenvalue weighted by molar-refractivity contribution is 0.0271. The average molecular weight is 197 g/mol. The van der Waals surface area contributed by atoms with Gasteiger partial charge in [0.15, 0.2) is 0 Å². The molecule has 0 amide bonds. The summed E-state index contributed by atoms with van der Waals surface area (Å²) >= 11 is 0. The highest BCUT2D eigenvalue weighted by Gasteiger charge is 2.36. The molecule has 2 fully saturated rings. The van der Waals surface area contributed by atoms with E-state index in [4.69, 9.17) is 0 Å². The Bertz CT molecular complexity index is 202. The van der Waals surface area contributed by atoms with E-state index in [0.29, 0.717) is 11.5 Å². The number of nitrogens with zero attached hydrogens (tertiary/aromatic N) is 1. The van der Waals surface area contributed by atoms with Gasteiger partial charge in [0, 0.05) is 12.6 Å². The standard InChI is InChI=1S/C12H23NO/c1-12(2)7-8-13(9-12)10-5-3-4-6-11(10)14/h10-11,14H,3-9H2,1-2H3/t10-,11-/m1/s1. The Morgan fingerprint density at radius 3 is 2.50 bits per heavy atom. The first-order valence-corrected chi connectivity index (χ1v) is 6.01. The van der Waals surface area contributed by atoms with Crippen molar-refractivity contribution >= 4 is 0 Å². The second-order valence-electron chi connectivity index (χ2n) is 5.80. The Hall–Kier alpha value is -0.0800. The van der Waals surface area contributed by atoms with Crippen LogP contribution >= 0.6 is 0 Å². The summed E-state index contributed by atoms with van der Waals surface area (Å²) in [6, 6.07) is 0.463. The maximum absolute atomic E-state index is 9.96. The fourth-order valence-electron chi connectivity index (χ4n) is 2.95. The molecule has 82 valence electrons. The van der Waals surface area contributed by atoms with E-state index < -0.39 is 0 Å². The Balaban J connectivity index is 1.95. The lowest BCUT2D eigenvalue weighted by Gasteiger charge is -2.35. The normalized spacial score (nSPS) is 38.8. The number of hydrogen-bond donors (Lipinski definition) is 1. The summed E-state index contributed by atoms with van der Waals surface area (Å²) in [4.78, 5) is 2.52. The van der Waals surface area contributed by atoms with Gasteiger partial charge < -0.3 is 5.11 Å². The summed E-state index contributed by atoms with van der Waals surface area (Å²) in [7, 11) is 0. The summed E-state index contributed by atoms with van der Waals surface area (Å²) in [5, 5.41) is 9.96. The zero-order valence-corrected chi connectivity index (χ0v) is 9.50.